The van der Waals surface area contributed by atoms with Gasteiger partial charge in [-0.25, -0.2) is 8.78 Å². The number of carbonyl (C=O) groups excluding carboxylic acids is 3. The molecule has 4 aliphatic rings. The van der Waals surface area contributed by atoms with Gasteiger partial charge in [-0.3, -0.25) is 14.4 Å². The maximum Gasteiger partial charge on any atom is 0.306 e. The fourth-order valence-electron chi connectivity index (χ4n) is 7.49. The number of thiol groups is 1. The van der Waals surface area contributed by atoms with Crippen molar-refractivity contribution in [2.45, 2.75) is 76.9 Å². The van der Waals surface area contributed by atoms with Crippen molar-refractivity contribution in [1.29, 1.82) is 0 Å². The van der Waals surface area contributed by atoms with Crippen molar-refractivity contribution >= 4 is 29.5 Å². The lowest BCUT2D eigenvalue weighted by atomic mass is 9.44. The summed E-state index contributed by atoms with van der Waals surface area (Å²) in [6.07, 6.45) is 0.619. The predicted octanol–water partition coefficient (Wildman–Crippen LogP) is 3.70. The molecule has 9 atom stereocenters. The summed E-state index contributed by atoms with van der Waals surface area (Å²) in [5, 5.41) is 10.7. The lowest BCUT2D eigenvalue weighted by Gasteiger charge is -2.63. The number of halogens is 2. The number of rotatable bonds is 3. The predicted molar refractivity (Wildman–Crippen MR) is 116 cm³/mol. The highest BCUT2D eigenvalue weighted by molar-refractivity contribution is 7.96. The highest BCUT2D eigenvalue weighted by Crippen LogP contribution is 2.71. The minimum absolute atomic E-state index is 0.0476. The van der Waals surface area contributed by atoms with Gasteiger partial charge in [0.15, 0.2) is 17.1 Å². The SMILES string of the molecule is CCC(=O)O[C@]1(C(=O)S)[C@H](C)CC2[C@@H]3C[C@H](F)C4=CC(=O)C=C[C@]4(C)[C@@]3(F)[C@@H](O)C[C@@]21C. The molecule has 3 fully saturated rings. The summed E-state index contributed by atoms with van der Waals surface area (Å²) in [5.41, 5.74) is -6.46. The lowest BCUT2D eigenvalue weighted by Crippen LogP contribution is -2.70. The fourth-order valence-corrected chi connectivity index (χ4v) is 8.01. The molecule has 4 aliphatic carbocycles. The zero-order valence-electron chi connectivity index (χ0n) is 18.7. The van der Waals surface area contributed by atoms with E-state index in [1.54, 1.807) is 20.8 Å². The van der Waals surface area contributed by atoms with E-state index in [1.807, 2.05) is 0 Å². The van der Waals surface area contributed by atoms with Crippen molar-refractivity contribution in [3.63, 3.8) is 0 Å². The van der Waals surface area contributed by atoms with E-state index in [1.165, 1.54) is 19.1 Å². The van der Waals surface area contributed by atoms with E-state index in [-0.39, 0.29) is 24.8 Å². The quantitative estimate of drug-likeness (QED) is 0.488. The van der Waals surface area contributed by atoms with E-state index >= 15 is 8.78 Å². The van der Waals surface area contributed by atoms with Crippen LogP contribution in [0.3, 0.4) is 0 Å². The monoisotopic (exact) mass is 468 g/mol. The Bertz CT molecular complexity index is 949. The molecule has 0 aliphatic heterocycles. The molecule has 0 saturated heterocycles. The van der Waals surface area contributed by atoms with Gasteiger partial charge < -0.3 is 9.84 Å². The Morgan fingerprint density at radius 2 is 1.94 bits per heavy atom. The third-order valence-corrected chi connectivity index (χ3v) is 9.38. The van der Waals surface area contributed by atoms with E-state index in [9.17, 15) is 19.5 Å². The zero-order valence-corrected chi connectivity index (χ0v) is 19.6. The Hall–Kier alpha value is -1.54. The third-order valence-electron chi connectivity index (χ3n) is 9.05. The van der Waals surface area contributed by atoms with E-state index in [0.29, 0.717) is 6.42 Å². The summed E-state index contributed by atoms with van der Waals surface area (Å²) in [5.74, 6) is -2.94. The van der Waals surface area contributed by atoms with E-state index in [0.717, 1.165) is 6.08 Å². The topological polar surface area (TPSA) is 80.7 Å². The van der Waals surface area contributed by atoms with Crippen LogP contribution in [0.4, 0.5) is 8.78 Å². The third kappa shape index (κ3) is 2.62. The van der Waals surface area contributed by atoms with Crippen LogP contribution in [0.25, 0.3) is 0 Å². The van der Waals surface area contributed by atoms with Gasteiger partial charge in [-0.05, 0) is 49.8 Å². The first-order valence-corrected chi connectivity index (χ1v) is 11.7. The second-order valence-corrected chi connectivity index (χ2v) is 10.8. The molecule has 4 rings (SSSR count). The van der Waals surface area contributed by atoms with Crippen LogP contribution < -0.4 is 0 Å². The minimum Gasteiger partial charge on any atom is -0.449 e. The number of carbonyl (C=O) groups is 3. The van der Waals surface area contributed by atoms with Crippen LogP contribution in [0.2, 0.25) is 0 Å². The minimum atomic E-state index is -2.24. The first-order chi connectivity index (χ1) is 14.8. The Balaban J connectivity index is 1.87. The molecule has 1 unspecified atom stereocenters. The van der Waals surface area contributed by atoms with Crippen molar-refractivity contribution < 1.29 is 33.0 Å². The molecule has 176 valence electrons. The fraction of sp³-hybridized carbons (Fsp3) is 0.708. The number of allylic oxidation sites excluding steroid dienone is 4. The molecule has 3 saturated carbocycles. The van der Waals surface area contributed by atoms with Gasteiger partial charge in [-0.1, -0.05) is 26.8 Å². The molecule has 1 N–H and O–H groups in total. The number of esters is 1. The van der Waals surface area contributed by atoms with Crippen molar-refractivity contribution in [1.82, 2.24) is 0 Å². The Kier molecular flexibility index (Phi) is 5.33. The summed E-state index contributed by atoms with van der Waals surface area (Å²) in [4.78, 5) is 37.2. The van der Waals surface area contributed by atoms with Gasteiger partial charge in [0.1, 0.15) is 6.17 Å². The number of hydrogen-bond donors (Lipinski definition) is 2. The summed E-state index contributed by atoms with van der Waals surface area (Å²) in [7, 11) is 0. The molecule has 32 heavy (non-hydrogen) atoms. The molecular formula is C24H30F2O5S. The van der Waals surface area contributed by atoms with Crippen LogP contribution in [0.15, 0.2) is 23.8 Å². The number of alkyl halides is 2. The highest BCUT2D eigenvalue weighted by atomic mass is 32.1. The van der Waals surface area contributed by atoms with Crippen LogP contribution in [0.5, 0.6) is 0 Å². The van der Waals surface area contributed by atoms with Crippen LogP contribution >= 0.6 is 12.6 Å². The molecule has 8 heteroatoms. The summed E-state index contributed by atoms with van der Waals surface area (Å²) in [6.45, 7) is 6.62. The Labute approximate surface area is 192 Å². The van der Waals surface area contributed by atoms with Gasteiger partial charge in [0.2, 0.25) is 5.12 Å². The standard InChI is InChI=1S/C24H30F2O5S/c1-5-19(29)31-24(20(30)32)12(2)8-14-15-10-17(25)16-9-13(27)6-7-21(16,3)23(15,26)18(28)11-22(14,24)4/h6-7,9,12,14-15,17-18,28H,5,8,10-11H2,1-4H3,(H,30,32)/t12-,14?,15+,17+,18+,21+,22+,23+,24+/m1/s1. The highest BCUT2D eigenvalue weighted by Gasteiger charge is 2.77. The van der Waals surface area contributed by atoms with Crippen molar-refractivity contribution in [2.24, 2.45) is 28.6 Å². The van der Waals surface area contributed by atoms with E-state index in [4.69, 9.17) is 4.74 Å². The van der Waals surface area contributed by atoms with Crippen LogP contribution in [-0.2, 0) is 19.1 Å². The summed E-state index contributed by atoms with van der Waals surface area (Å²) < 4.78 is 38.3. The molecule has 0 spiro atoms. The molecule has 0 bridgehead atoms. The number of hydrogen-bond acceptors (Lipinski definition) is 5. The maximum absolute atomic E-state index is 17.1. The smallest absolute Gasteiger partial charge is 0.306 e. The van der Waals surface area contributed by atoms with Crippen LogP contribution in [0.1, 0.15) is 53.4 Å². The number of fused-ring (bicyclic) bond motifs is 5. The Morgan fingerprint density at radius 1 is 1.28 bits per heavy atom. The van der Waals surface area contributed by atoms with Gasteiger partial charge in [-0.2, -0.15) is 0 Å². The molecule has 0 amide bonds. The van der Waals surface area contributed by atoms with Gasteiger partial charge in [0.25, 0.3) is 0 Å². The van der Waals surface area contributed by atoms with Crippen molar-refractivity contribution in [2.75, 3.05) is 0 Å². The van der Waals surface area contributed by atoms with Crippen LogP contribution in [0, 0.1) is 28.6 Å². The first-order valence-electron chi connectivity index (χ1n) is 11.2. The number of aliphatic hydroxyl groups excluding tert-OH is 1. The van der Waals surface area contributed by atoms with E-state index < -0.39 is 69.0 Å². The molecule has 0 heterocycles. The molecule has 0 aromatic carbocycles. The average Bonchev–Trinajstić information content (AvgIpc) is 2.93. The normalized spacial score (nSPS) is 49.6. The Morgan fingerprint density at radius 3 is 2.53 bits per heavy atom. The van der Waals surface area contributed by atoms with Crippen molar-refractivity contribution in [3.8, 4) is 0 Å². The second kappa shape index (κ2) is 7.23. The van der Waals surface area contributed by atoms with Gasteiger partial charge >= 0.3 is 5.97 Å². The zero-order chi connectivity index (χ0) is 23.9. The second-order valence-electron chi connectivity index (χ2n) is 10.4. The molecule has 5 nitrogen and oxygen atoms in total. The molecular weight excluding hydrogens is 438 g/mol. The van der Waals surface area contributed by atoms with E-state index in [2.05, 4.69) is 12.6 Å². The number of ether oxygens (including phenoxy) is 1. The van der Waals surface area contributed by atoms with Crippen molar-refractivity contribution in [3.05, 3.63) is 23.8 Å². The first kappa shape index (κ1) is 23.6. The molecule has 0 aromatic rings. The van der Waals surface area contributed by atoms with Gasteiger partial charge in [0, 0.05) is 29.1 Å². The number of aliphatic hydroxyl groups is 1. The number of ketones is 1. The molecule has 0 radical (unpaired) electrons. The summed E-state index contributed by atoms with van der Waals surface area (Å²) in [6, 6.07) is 0. The van der Waals surface area contributed by atoms with Gasteiger partial charge in [0.05, 0.1) is 6.10 Å². The lowest BCUT2D eigenvalue weighted by molar-refractivity contribution is -0.228. The van der Waals surface area contributed by atoms with Gasteiger partial charge in [-0.15, -0.1) is 12.6 Å². The largest absolute Gasteiger partial charge is 0.449 e. The maximum atomic E-state index is 17.1. The van der Waals surface area contributed by atoms with Crippen LogP contribution in [-0.4, -0.2) is 45.5 Å². The average molecular weight is 469 g/mol. The molecule has 0 aromatic heterocycles. The summed E-state index contributed by atoms with van der Waals surface area (Å²) >= 11 is 4.09.